The maximum absolute atomic E-state index is 6.22. The van der Waals surface area contributed by atoms with Crippen LogP contribution in [0.15, 0.2) is 42.5 Å². The third kappa shape index (κ3) is 3.65. The zero-order chi connectivity index (χ0) is 14.4. The fraction of sp³-hybridized carbons (Fsp3) is 0.250. The quantitative estimate of drug-likeness (QED) is 0.874. The van der Waals surface area contributed by atoms with Crippen molar-refractivity contribution < 1.29 is 9.47 Å². The van der Waals surface area contributed by atoms with Crippen molar-refractivity contribution in [1.29, 1.82) is 0 Å². The van der Waals surface area contributed by atoms with Gasteiger partial charge < -0.3 is 15.2 Å². The summed E-state index contributed by atoms with van der Waals surface area (Å²) in [7, 11) is 0. The van der Waals surface area contributed by atoms with E-state index in [1.807, 2.05) is 49.4 Å². The van der Waals surface area contributed by atoms with Crippen LogP contribution in [-0.4, -0.2) is 13.2 Å². The van der Waals surface area contributed by atoms with E-state index in [2.05, 4.69) is 0 Å². The van der Waals surface area contributed by atoms with Gasteiger partial charge in [0.05, 0.1) is 11.6 Å². The second kappa shape index (κ2) is 7.17. The molecule has 0 spiro atoms. The molecule has 4 heteroatoms. The van der Waals surface area contributed by atoms with Crippen molar-refractivity contribution in [2.24, 2.45) is 5.73 Å². The molecule has 0 saturated carbocycles. The summed E-state index contributed by atoms with van der Waals surface area (Å²) in [6, 6.07) is 13.2. The molecule has 0 amide bonds. The zero-order valence-electron chi connectivity index (χ0n) is 11.4. The molecule has 0 radical (unpaired) electrons. The molecule has 2 aromatic rings. The molecule has 0 heterocycles. The summed E-state index contributed by atoms with van der Waals surface area (Å²) in [5, 5.41) is 0.581. The van der Waals surface area contributed by atoms with Crippen molar-refractivity contribution in [3.8, 4) is 17.2 Å². The molecule has 0 aromatic heterocycles. The SMILES string of the molecule is CCOc1cccc(Oc2c(Cl)cccc2CCN)c1. The van der Waals surface area contributed by atoms with Crippen LogP contribution >= 0.6 is 11.6 Å². The summed E-state index contributed by atoms with van der Waals surface area (Å²) in [6.07, 6.45) is 0.723. The summed E-state index contributed by atoms with van der Waals surface area (Å²) in [4.78, 5) is 0. The Morgan fingerprint density at radius 1 is 1.10 bits per heavy atom. The Bertz CT molecular complexity index is 572. The molecule has 2 rings (SSSR count). The normalized spacial score (nSPS) is 10.3. The van der Waals surface area contributed by atoms with Gasteiger partial charge in [0.25, 0.3) is 0 Å². The minimum Gasteiger partial charge on any atom is -0.494 e. The molecule has 2 aromatic carbocycles. The van der Waals surface area contributed by atoms with E-state index in [1.54, 1.807) is 0 Å². The maximum Gasteiger partial charge on any atom is 0.149 e. The smallest absolute Gasteiger partial charge is 0.149 e. The molecule has 20 heavy (non-hydrogen) atoms. The first-order valence-electron chi connectivity index (χ1n) is 6.62. The largest absolute Gasteiger partial charge is 0.494 e. The van der Waals surface area contributed by atoms with E-state index < -0.39 is 0 Å². The number of hydrogen-bond acceptors (Lipinski definition) is 3. The molecular formula is C16H18ClNO2. The van der Waals surface area contributed by atoms with Gasteiger partial charge in [0.2, 0.25) is 0 Å². The number of ether oxygens (including phenoxy) is 2. The highest BCUT2D eigenvalue weighted by Gasteiger charge is 2.09. The van der Waals surface area contributed by atoms with Crippen molar-refractivity contribution in [2.75, 3.05) is 13.2 Å². The van der Waals surface area contributed by atoms with Gasteiger partial charge in [-0.2, -0.15) is 0 Å². The number of para-hydroxylation sites is 1. The van der Waals surface area contributed by atoms with Crippen molar-refractivity contribution in [2.45, 2.75) is 13.3 Å². The highest BCUT2D eigenvalue weighted by atomic mass is 35.5. The number of rotatable bonds is 6. The van der Waals surface area contributed by atoms with Crippen LogP contribution in [0.4, 0.5) is 0 Å². The predicted octanol–water partition coefficient (Wildman–Crippen LogP) is 4.03. The third-order valence-electron chi connectivity index (χ3n) is 2.80. The lowest BCUT2D eigenvalue weighted by Crippen LogP contribution is -2.04. The van der Waals surface area contributed by atoms with Gasteiger partial charge in [0.1, 0.15) is 17.2 Å². The molecule has 0 atom stereocenters. The first-order valence-corrected chi connectivity index (χ1v) is 7.00. The molecule has 0 aliphatic rings. The molecule has 0 saturated heterocycles. The fourth-order valence-electron chi connectivity index (χ4n) is 1.93. The summed E-state index contributed by atoms with van der Waals surface area (Å²) in [5.74, 6) is 2.13. The molecule has 2 N–H and O–H groups in total. The van der Waals surface area contributed by atoms with Gasteiger partial charge in [-0.15, -0.1) is 0 Å². The van der Waals surface area contributed by atoms with Gasteiger partial charge in [0.15, 0.2) is 0 Å². The monoisotopic (exact) mass is 291 g/mol. The molecule has 0 aliphatic carbocycles. The third-order valence-corrected chi connectivity index (χ3v) is 3.10. The van der Waals surface area contributed by atoms with E-state index in [4.69, 9.17) is 26.8 Å². The summed E-state index contributed by atoms with van der Waals surface area (Å²) in [5.41, 5.74) is 6.62. The molecule has 106 valence electrons. The Kier molecular flexibility index (Phi) is 5.27. The molecule has 0 fully saturated rings. The summed E-state index contributed by atoms with van der Waals surface area (Å²) < 4.78 is 11.4. The van der Waals surface area contributed by atoms with Crippen molar-refractivity contribution >= 4 is 11.6 Å². The predicted molar refractivity (Wildman–Crippen MR) is 81.9 cm³/mol. The van der Waals surface area contributed by atoms with Crippen LogP contribution in [0, 0.1) is 0 Å². The number of hydrogen-bond donors (Lipinski definition) is 1. The van der Waals surface area contributed by atoms with E-state index in [0.29, 0.717) is 29.7 Å². The van der Waals surface area contributed by atoms with Crippen LogP contribution in [0.25, 0.3) is 0 Å². The van der Waals surface area contributed by atoms with Crippen LogP contribution < -0.4 is 15.2 Å². The Morgan fingerprint density at radius 2 is 1.85 bits per heavy atom. The first kappa shape index (κ1) is 14.7. The fourth-order valence-corrected chi connectivity index (χ4v) is 2.16. The van der Waals surface area contributed by atoms with E-state index in [-0.39, 0.29) is 0 Å². The highest BCUT2D eigenvalue weighted by molar-refractivity contribution is 6.32. The van der Waals surface area contributed by atoms with Crippen LogP contribution in [0.1, 0.15) is 12.5 Å². The molecule has 0 unspecified atom stereocenters. The summed E-state index contributed by atoms with van der Waals surface area (Å²) >= 11 is 6.22. The Morgan fingerprint density at radius 3 is 2.60 bits per heavy atom. The number of nitrogens with two attached hydrogens (primary N) is 1. The lowest BCUT2D eigenvalue weighted by Gasteiger charge is -2.13. The van der Waals surface area contributed by atoms with Gasteiger partial charge in [-0.25, -0.2) is 0 Å². The first-order chi connectivity index (χ1) is 9.74. The van der Waals surface area contributed by atoms with E-state index in [0.717, 1.165) is 17.7 Å². The minimum atomic E-state index is 0.551. The zero-order valence-corrected chi connectivity index (χ0v) is 12.2. The number of halogens is 1. The van der Waals surface area contributed by atoms with Gasteiger partial charge in [0, 0.05) is 6.07 Å². The maximum atomic E-state index is 6.22. The van der Waals surface area contributed by atoms with Gasteiger partial charge in [-0.1, -0.05) is 29.8 Å². The second-order valence-electron chi connectivity index (χ2n) is 4.28. The van der Waals surface area contributed by atoms with Crippen LogP contribution in [0.2, 0.25) is 5.02 Å². The van der Waals surface area contributed by atoms with Crippen LogP contribution in [0.5, 0.6) is 17.2 Å². The van der Waals surface area contributed by atoms with Crippen LogP contribution in [0.3, 0.4) is 0 Å². The second-order valence-corrected chi connectivity index (χ2v) is 4.68. The van der Waals surface area contributed by atoms with E-state index in [9.17, 15) is 0 Å². The van der Waals surface area contributed by atoms with Gasteiger partial charge in [-0.3, -0.25) is 0 Å². The van der Waals surface area contributed by atoms with Crippen molar-refractivity contribution in [3.05, 3.63) is 53.1 Å². The highest BCUT2D eigenvalue weighted by Crippen LogP contribution is 2.34. The van der Waals surface area contributed by atoms with E-state index in [1.165, 1.54) is 0 Å². The molecule has 0 bridgehead atoms. The Balaban J connectivity index is 2.27. The Labute approximate surface area is 124 Å². The average Bonchev–Trinajstić information content (AvgIpc) is 2.44. The Hall–Kier alpha value is -1.71. The molecular weight excluding hydrogens is 274 g/mol. The number of benzene rings is 2. The lowest BCUT2D eigenvalue weighted by atomic mass is 10.1. The van der Waals surface area contributed by atoms with Gasteiger partial charge in [-0.05, 0) is 43.7 Å². The van der Waals surface area contributed by atoms with E-state index >= 15 is 0 Å². The van der Waals surface area contributed by atoms with Crippen molar-refractivity contribution in [1.82, 2.24) is 0 Å². The standard InChI is InChI=1S/C16H18ClNO2/c1-2-19-13-6-4-7-14(11-13)20-16-12(9-10-18)5-3-8-15(16)17/h3-8,11H,2,9-10,18H2,1H3. The van der Waals surface area contributed by atoms with Crippen molar-refractivity contribution in [3.63, 3.8) is 0 Å². The minimum absolute atomic E-state index is 0.551. The summed E-state index contributed by atoms with van der Waals surface area (Å²) in [6.45, 7) is 3.12. The topological polar surface area (TPSA) is 44.5 Å². The van der Waals surface area contributed by atoms with Crippen LogP contribution in [-0.2, 0) is 6.42 Å². The molecule has 0 aliphatic heterocycles. The van der Waals surface area contributed by atoms with Gasteiger partial charge >= 0.3 is 0 Å². The molecule has 3 nitrogen and oxygen atoms in total. The average molecular weight is 292 g/mol. The lowest BCUT2D eigenvalue weighted by molar-refractivity contribution is 0.338.